The molecule has 0 spiro atoms. The molecule has 33 heavy (non-hydrogen) atoms. The largest absolute Gasteiger partial charge is 0.399 e. The molecule has 0 aromatic heterocycles. The molecule has 0 radical (unpaired) electrons. The molecule has 1 aliphatic rings. The zero-order valence-electron chi connectivity index (χ0n) is 18.5. The van der Waals surface area contributed by atoms with Crippen LogP contribution < -0.4 is 16.4 Å². The maximum absolute atomic E-state index is 14.2. The Morgan fingerprint density at radius 1 is 1.21 bits per heavy atom. The Morgan fingerprint density at radius 3 is 2.48 bits per heavy atom. The van der Waals surface area contributed by atoms with Crippen LogP contribution in [0.25, 0.3) is 0 Å². The van der Waals surface area contributed by atoms with Gasteiger partial charge >= 0.3 is 0 Å². The van der Waals surface area contributed by atoms with Gasteiger partial charge in [0.15, 0.2) is 0 Å². The number of carbonyl (C=O) groups excluding carboxylic acids is 3. The van der Waals surface area contributed by atoms with E-state index in [-0.39, 0.29) is 18.9 Å². The molecule has 2 aromatic carbocycles. The molecule has 176 valence electrons. The standard InChI is InChI=1S/C23H26F2N4O4/c1-4-18(30)27-19(12(2)33-3)23(32)29-11-13-8-9-14(26)10-15(13)21(29)22(31)28-20-16(24)6-5-7-17(20)25/h5-10,12,19,21H,4,11,26H2,1-3H3,(H,27,30)(H,28,31)/t12-,19+,21+/m1/s1. The van der Waals surface area contributed by atoms with Crippen LogP contribution in [0.4, 0.5) is 20.2 Å². The summed E-state index contributed by atoms with van der Waals surface area (Å²) in [5.74, 6) is -3.66. The minimum Gasteiger partial charge on any atom is -0.399 e. The average molecular weight is 460 g/mol. The number of hydrogen-bond donors (Lipinski definition) is 3. The third-order valence-corrected chi connectivity index (χ3v) is 5.60. The van der Waals surface area contributed by atoms with Gasteiger partial charge in [-0.2, -0.15) is 0 Å². The second-order valence-electron chi connectivity index (χ2n) is 7.75. The third kappa shape index (κ3) is 4.95. The van der Waals surface area contributed by atoms with Crippen molar-refractivity contribution >= 4 is 29.1 Å². The van der Waals surface area contributed by atoms with E-state index in [9.17, 15) is 23.2 Å². The Kier molecular flexibility index (Phi) is 7.27. The Labute approximate surface area is 190 Å². The van der Waals surface area contributed by atoms with Crippen LogP contribution in [-0.2, 0) is 25.7 Å². The van der Waals surface area contributed by atoms with Gasteiger partial charge in [-0.1, -0.05) is 19.1 Å². The quantitative estimate of drug-likeness (QED) is 0.550. The van der Waals surface area contributed by atoms with Gasteiger partial charge in [-0.25, -0.2) is 8.78 Å². The normalized spacial score (nSPS) is 16.6. The molecule has 8 nitrogen and oxygen atoms in total. The zero-order valence-corrected chi connectivity index (χ0v) is 18.5. The van der Waals surface area contributed by atoms with Crippen LogP contribution in [0.15, 0.2) is 36.4 Å². The van der Waals surface area contributed by atoms with Crippen LogP contribution in [0.5, 0.6) is 0 Å². The topological polar surface area (TPSA) is 114 Å². The first kappa shape index (κ1) is 24.1. The van der Waals surface area contributed by atoms with E-state index in [1.165, 1.54) is 18.1 Å². The highest BCUT2D eigenvalue weighted by Gasteiger charge is 2.43. The van der Waals surface area contributed by atoms with E-state index in [4.69, 9.17) is 10.5 Å². The summed E-state index contributed by atoms with van der Waals surface area (Å²) in [6.07, 6.45) is -0.553. The van der Waals surface area contributed by atoms with E-state index >= 15 is 0 Å². The Morgan fingerprint density at radius 2 is 1.88 bits per heavy atom. The van der Waals surface area contributed by atoms with Crippen molar-refractivity contribution in [2.24, 2.45) is 0 Å². The van der Waals surface area contributed by atoms with E-state index in [1.54, 1.807) is 32.0 Å². The number of para-hydroxylation sites is 1. The van der Waals surface area contributed by atoms with Crippen molar-refractivity contribution in [1.29, 1.82) is 0 Å². The molecule has 0 unspecified atom stereocenters. The summed E-state index contributed by atoms with van der Waals surface area (Å²) in [5, 5.41) is 4.89. The second kappa shape index (κ2) is 9.95. The number of nitrogens with zero attached hydrogens (tertiary/aromatic N) is 1. The number of rotatable bonds is 7. The van der Waals surface area contributed by atoms with Crippen molar-refractivity contribution in [3.63, 3.8) is 0 Å². The lowest BCUT2D eigenvalue weighted by Gasteiger charge is -2.31. The highest BCUT2D eigenvalue weighted by molar-refractivity contribution is 6.00. The molecule has 1 aliphatic heterocycles. The third-order valence-electron chi connectivity index (χ3n) is 5.60. The minimum atomic E-state index is -1.22. The summed E-state index contributed by atoms with van der Waals surface area (Å²) in [6.45, 7) is 3.30. The predicted octanol–water partition coefficient (Wildman–Crippen LogP) is 2.50. The van der Waals surface area contributed by atoms with E-state index < -0.39 is 47.3 Å². The number of hydrogen-bond acceptors (Lipinski definition) is 5. The molecule has 0 saturated carbocycles. The molecule has 3 atom stereocenters. The van der Waals surface area contributed by atoms with Crippen LogP contribution in [0, 0.1) is 11.6 Å². The van der Waals surface area contributed by atoms with E-state index in [0.717, 1.165) is 12.1 Å². The fraction of sp³-hybridized carbons (Fsp3) is 0.348. The lowest BCUT2D eigenvalue weighted by Crippen LogP contribution is -2.54. The molecule has 10 heteroatoms. The van der Waals surface area contributed by atoms with Gasteiger partial charge in [-0.05, 0) is 42.3 Å². The first-order valence-electron chi connectivity index (χ1n) is 10.4. The van der Waals surface area contributed by atoms with Gasteiger partial charge in [-0.15, -0.1) is 0 Å². The molecule has 4 N–H and O–H groups in total. The molecule has 0 fully saturated rings. The number of methoxy groups -OCH3 is 1. The van der Waals surface area contributed by atoms with Gasteiger partial charge in [0.2, 0.25) is 11.8 Å². The van der Waals surface area contributed by atoms with Gasteiger partial charge in [0, 0.05) is 25.8 Å². The Bertz CT molecular complexity index is 1060. The van der Waals surface area contributed by atoms with Crippen molar-refractivity contribution in [3.8, 4) is 0 Å². The predicted molar refractivity (Wildman–Crippen MR) is 118 cm³/mol. The van der Waals surface area contributed by atoms with Crippen LogP contribution >= 0.6 is 0 Å². The van der Waals surface area contributed by atoms with Crippen molar-refractivity contribution in [2.75, 3.05) is 18.2 Å². The summed E-state index contributed by atoms with van der Waals surface area (Å²) in [5.41, 5.74) is 6.72. The summed E-state index contributed by atoms with van der Waals surface area (Å²) >= 11 is 0. The first-order valence-corrected chi connectivity index (χ1v) is 10.4. The van der Waals surface area contributed by atoms with Crippen molar-refractivity contribution < 1.29 is 27.9 Å². The number of nitrogens with two attached hydrogens (primary N) is 1. The number of benzene rings is 2. The summed E-state index contributed by atoms with van der Waals surface area (Å²) in [6, 6.07) is 5.76. The number of carbonyl (C=O) groups is 3. The molecule has 0 bridgehead atoms. The number of nitrogens with one attached hydrogen (secondary N) is 2. The summed E-state index contributed by atoms with van der Waals surface area (Å²) in [4.78, 5) is 40.1. The number of anilines is 2. The van der Waals surface area contributed by atoms with Crippen LogP contribution in [-0.4, -0.2) is 41.9 Å². The first-order chi connectivity index (χ1) is 15.7. The van der Waals surface area contributed by atoms with E-state index in [2.05, 4.69) is 10.6 Å². The maximum Gasteiger partial charge on any atom is 0.252 e. The molecule has 3 amide bonds. The fourth-order valence-corrected chi connectivity index (χ4v) is 3.72. The molecule has 0 aliphatic carbocycles. The van der Waals surface area contributed by atoms with Gasteiger partial charge in [0.25, 0.3) is 5.91 Å². The molecule has 1 heterocycles. The Hall–Kier alpha value is -3.53. The van der Waals surface area contributed by atoms with Crippen LogP contribution in [0.3, 0.4) is 0 Å². The molecule has 2 aromatic rings. The fourth-order valence-electron chi connectivity index (χ4n) is 3.72. The highest BCUT2D eigenvalue weighted by Crippen LogP contribution is 2.37. The minimum absolute atomic E-state index is 0.0429. The SMILES string of the molecule is CCC(=O)N[C@H](C(=O)N1Cc2ccc(N)cc2[C@H]1C(=O)Nc1c(F)cccc1F)[C@@H](C)OC. The van der Waals surface area contributed by atoms with Crippen molar-refractivity contribution in [1.82, 2.24) is 10.2 Å². The number of ether oxygens (including phenoxy) is 1. The van der Waals surface area contributed by atoms with Gasteiger partial charge in [0.1, 0.15) is 29.4 Å². The Balaban J connectivity index is 2.00. The van der Waals surface area contributed by atoms with Gasteiger partial charge < -0.3 is 26.0 Å². The highest BCUT2D eigenvalue weighted by atomic mass is 19.1. The van der Waals surface area contributed by atoms with Crippen molar-refractivity contribution in [2.45, 2.75) is 45.0 Å². The number of nitrogen functional groups attached to an aromatic ring is 1. The van der Waals surface area contributed by atoms with E-state index in [0.29, 0.717) is 16.8 Å². The van der Waals surface area contributed by atoms with Crippen LogP contribution in [0.2, 0.25) is 0 Å². The molecular formula is C23H26F2N4O4. The van der Waals surface area contributed by atoms with E-state index in [1.807, 2.05) is 0 Å². The average Bonchev–Trinajstić information content (AvgIpc) is 3.17. The number of fused-ring (bicyclic) bond motifs is 1. The summed E-state index contributed by atoms with van der Waals surface area (Å²) < 4.78 is 33.6. The number of halogens is 2. The lowest BCUT2D eigenvalue weighted by atomic mass is 10.0. The second-order valence-corrected chi connectivity index (χ2v) is 7.75. The molecule has 3 rings (SSSR count). The monoisotopic (exact) mass is 460 g/mol. The molecule has 0 saturated heterocycles. The maximum atomic E-state index is 14.2. The molecular weight excluding hydrogens is 434 g/mol. The lowest BCUT2D eigenvalue weighted by molar-refractivity contribution is -0.145. The number of amides is 3. The summed E-state index contributed by atoms with van der Waals surface area (Å²) in [7, 11) is 1.40. The van der Waals surface area contributed by atoms with Gasteiger partial charge in [-0.3, -0.25) is 14.4 Å². The smallest absolute Gasteiger partial charge is 0.252 e. The van der Waals surface area contributed by atoms with Gasteiger partial charge in [0.05, 0.1) is 6.10 Å². The zero-order chi connectivity index (χ0) is 24.3. The van der Waals surface area contributed by atoms with Crippen LogP contribution in [0.1, 0.15) is 37.4 Å². The van der Waals surface area contributed by atoms with Crippen molar-refractivity contribution in [3.05, 3.63) is 59.2 Å².